The first-order chi connectivity index (χ1) is 11.1. The molecule has 2 aromatic rings. The highest BCUT2D eigenvalue weighted by Gasteiger charge is 2.17. The van der Waals surface area contributed by atoms with Crippen LogP contribution >= 0.6 is 23.4 Å². The molecular formula is C20H23ClOS. The van der Waals surface area contributed by atoms with Gasteiger partial charge in [0, 0.05) is 22.3 Å². The monoisotopic (exact) mass is 346 g/mol. The number of benzene rings is 2. The lowest BCUT2D eigenvalue weighted by Crippen LogP contribution is -2.06. The van der Waals surface area contributed by atoms with E-state index in [4.69, 9.17) is 11.6 Å². The van der Waals surface area contributed by atoms with Crippen LogP contribution in [0, 0.1) is 6.92 Å². The molecule has 0 aliphatic carbocycles. The zero-order valence-electron chi connectivity index (χ0n) is 13.7. The number of Topliss-reactive ketones (excluding diaryl/α,β-unsaturated/α-hetero) is 1. The zero-order chi connectivity index (χ0) is 16.7. The standard InChI is InChI=1S/C20H23ClOS/c1-3-4-13-23-20(17-9-11-18(21)12-10-17)14-19(22)16-7-5-15(2)6-8-16/h5-12,20H,3-4,13-14H2,1-2H3. The molecule has 0 heterocycles. The van der Waals surface area contributed by atoms with Crippen LogP contribution in [0.5, 0.6) is 0 Å². The highest BCUT2D eigenvalue weighted by molar-refractivity contribution is 7.99. The number of carbonyl (C=O) groups excluding carboxylic acids is 1. The average Bonchev–Trinajstić information content (AvgIpc) is 2.55. The van der Waals surface area contributed by atoms with Crippen LogP contribution in [0.3, 0.4) is 0 Å². The third kappa shape index (κ3) is 5.71. The van der Waals surface area contributed by atoms with Gasteiger partial charge in [-0.2, -0.15) is 11.8 Å². The van der Waals surface area contributed by atoms with Gasteiger partial charge in [0.25, 0.3) is 0 Å². The van der Waals surface area contributed by atoms with Crippen LogP contribution < -0.4 is 0 Å². The Morgan fingerprint density at radius 1 is 1.09 bits per heavy atom. The summed E-state index contributed by atoms with van der Waals surface area (Å²) in [6, 6.07) is 15.7. The SMILES string of the molecule is CCCCSC(CC(=O)c1ccc(C)cc1)c1ccc(Cl)cc1. The van der Waals surface area contributed by atoms with Crippen molar-refractivity contribution in [2.45, 2.75) is 38.4 Å². The lowest BCUT2D eigenvalue weighted by molar-refractivity contribution is 0.0982. The summed E-state index contributed by atoms with van der Waals surface area (Å²) in [5, 5.41) is 0.920. The summed E-state index contributed by atoms with van der Waals surface area (Å²) in [5.41, 5.74) is 3.15. The van der Waals surface area contributed by atoms with Gasteiger partial charge in [-0.15, -0.1) is 0 Å². The third-order valence-electron chi connectivity index (χ3n) is 3.80. The second-order valence-corrected chi connectivity index (χ2v) is 7.50. The van der Waals surface area contributed by atoms with Gasteiger partial charge in [-0.25, -0.2) is 0 Å². The first-order valence-electron chi connectivity index (χ1n) is 8.07. The smallest absolute Gasteiger partial charge is 0.164 e. The number of hydrogen-bond acceptors (Lipinski definition) is 2. The molecule has 23 heavy (non-hydrogen) atoms. The van der Waals surface area contributed by atoms with Gasteiger partial charge in [0.1, 0.15) is 0 Å². The van der Waals surface area contributed by atoms with Gasteiger partial charge < -0.3 is 0 Å². The van der Waals surface area contributed by atoms with Gasteiger partial charge in [-0.1, -0.05) is 66.9 Å². The number of carbonyl (C=O) groups is 1. The fourth-order valence-electron chi connectivity index (χ4n) is 2.35. The molecule has 1 nitrogen and oxygen atoms in total. The molecule has 1 unspecified atom stereocenters. The summed E-state index contributed by atoms with van der Waals surface area (Å²) in [5.74, 6) is 1.28. The number of thioether (sulfide) groups is 1. The number of hydrogen-bond donors (Lipinski definition) is 0. The molecule has 3 heteroatoms. The molecule has 0 aliphatic heterocycles. The number of rotatable bonds is 8. The fourth-order valence-corrected chi connectivity index (χ4v) is 3.83. The molecule has 0 saturated carbocycles. The molecule has 0 aliphatic rings. The van der Waals surface area contributed by atoms with E-state index in [-0.39, 0.29) is 11.0 Å². The maximum Gasteiger partial charge on any atom is 0.164 e. The van der Waals surface area contributed by atoms with Crippen LogP contribution in [0.1, 0.15) is 52.9 Å². The van der Waals surface area contributed by atoms with Gasteiger partial charge >= 0.3 is 0 Å². The van der Waals surface area contributed by atoms with E-state index in [0.717, 1.165) is 16.3 Å². The first kappa shape index (κ1) is 18.1. The molecule has 0 saturated heterocycles. The quantitative estimate of drug-likeness (QED) is 0.401. The zero-order valence-corrected chi connectivity index (χ0v) is 15.3. The molecule has 0 N–H and O–H groups in total. The maximum absolute atomic E-state index is 12.6. The van der Waals surface area contributed by atoms with Gasteiger partial charge in [0.2, 0.25) is 0 Å². The third-order valence-corrected chi connectivity index (χ3v) is 5.42. The second kappa shape index (κ2) is 9.14. The minimum absolute atomic E-state index is 0.188. The molecular weight excluding hydrogens is 324 g/mol. The van der Waals surface area contributed by atoms with Crippen LogP contribution in [0.2, 0.25) is 5.02 Å². The van der Waals surface area contributed by atoms with Crippen LogP contribution in [0.15, 0.2) is 48.5 Å². The largest absolute Gasteiger partial charge is 0.294 e. The molecule has 122 valence electrons. The van der Waals surface area contributed by atoms with Crippen molar-refractivity contribution >= 4 is 29.1 Å². The van der Waals surface area contributed by atoms with E-state index in [1.165, 1.54) is 24.0 Å². The summed E-state index contributed by atoms with van der Waals surface area (Å²) >= 11 is 7.85. The molecule has 0 fully saturated rings. The van der Waals surface area contributed by atoms with Gasteiger partial charge in [-0.3, -0.25) is 4.79 Å². The Bertz CT molecular complexity index is 619. The van der Waals surface area contributed by atoms with Gasteiger partial charge in [0.05, 0.1) is 0 Å². The Labute approximate surface area is 148 Å². The van der Waals surface area contributed by atoms with Crippen LogP contribution in [-0.2, 0) is 0 Å². The number of halogens is 1. The molecule has 1 atom stereocenters. The van der Waals surface area contributed by atoms with Gasteiger partial charge in [0.15, 0.2) is 5.78 Å². The molecule has 0 amide bonds. The summed E-state index contributed by atoms with van der Waals surface area (Å²) in [7, 11) is 0. The molecule has 0 aromatic heterocycles. The Balaban J connectivity index is 2.11. The fraction of sp³-hybridized carbons (Fsp3) is 0.350. The van der Waals surface area contributed by atoms with Crippen LogP contribution in [0.25, 0.3) is 0 Å². The van der Waals surface area contributed by atoms with Crippen molar-refractivity contribution in [3.63, 3.8) is 0 Å². The van der Waals surface area contributed by atoms with E-state index in [9.17, 15) is 4.79 Å². The molecule has 2 aromatic carbocycles. The van der Waals surface area contributed by atoms with E-state index in [2.05, 4.69) is 6.92 Å². The maximum atomic E-state index is 12.6. The van der Waals surface area contributed by atoms with E-state index >= 15 is 0 Å². The Morgan fingerprint density at radius 3 is 2.35 bits per heavy atom. The Morgan fingerprint density at radius 2 is 1.74 bits per heavy atom. The summed E-state index contributed by atoms with van der Waals surface area (Å²) in [4.78, 5) is 12.6. The number of ketones is 1. The molecule has 0 spiro atoms. The molecule has 2 rings (SSSR count). The van der Waals surface area contributed by atoms with Crippen molar-refractivity contribution in [1.29, 1.82) is 0 Å². The van der Waals surface area contributed by atoms with E-state index in [1.54, 1.807) is 0 Å². The summed E-state index contributed by atoms with van der Waals surface area (Å²) in [6.07, 6.45) is 2.87. The second-order valence-electron chi connectivity index (χ2n) is 5.76. The topological polar surface area (TPSA) is 17.1 Å². The van der Waals surface area contributed by atoms with E-state index in [0.29, 0.717) is 6.42 Å². The molecule has 0 bridgehead atoms. The highest BCUT2D eigenvalue weighted by Crippen LogP contribution is 2.34. The average molecular weight is 347 g/mol. The highest BCUT2D eigenvalue weighted by atomic mass is 35.5. The van der Waals surface area contributed by atoms with Crippen LogP contribution in [0.4, 0.5) is 0 Å². The minimum atomic E-state index is 0.188. The predicted molar refractivity (Wildman–Crippen MR) is 102 cm³/mol. The van der Waals surface area contributed by atoms with Crippen molar-refractivity contribution in [1.82, 2.24) is 0 Å². The van der Waals surface area contributed by atoms with Crippen LogP contribution in [-0.4, -0.2) is 11.5 Å². The Kier molecular flexibility index (Phi) is 7.19. The normalized spacial score (nSPS) is 12.1. The minimum Gasteiger partial charge on any atom is -0.294 e. The predicted octanol–water partition coefficient (Wildman–Crippen LogP) is 6.50. The van der Waals surface area contributed by atoms with E-state index < -0.39 is 0 Å². The lowest BCUT2D eigenvalue weighted by Gasteiger charge is -2.17. The van der Waals surface area contributed by atoms with Crippen molar-refractivity contribution in [2.75, 3.05) is 5.75 Å². The summed E-state index contributed by atoms with van der Waals surface area (Å²) in [6.45, 7) is 4.22. The van der Waals surface area contributed by atoms with Crippen molar-refractivity contribution in [3.05, 3.63) is 70.2 Å². The number of unbranched alkanes of at least 4 members (excludes halogenated alkanes) is 1. The van der Waals surface area contributed by atoms with Crippen molar-refractivity contribution < 1.29 is 4.79 Å². The summed E-state index contributed by atoms with van der Waals surface area (Å²) < 4.78 is 0. The first-order valence-corrected chi connectivity index (χ1v) is 9.49. The Hall–Kier alpha value is -1.25. The van der Waals surface area contributed by atoms with E-state index in [1.807, 2.05) is 67.2 Å². The number of aryl methyl sites for hydroxylation is 1. The lowest BCUT2D eigenvalue weighted by atomic mass is 10.0. The van der Waals surface area contributed by atoms with Crippen molar-refractivity contribution in [3.8, 4) is 0 Å². The van der Waals surface area contributed by atoms with Crippen molar-refractivity contribution in [2.24, 2.45) is 0 Å². The van der Waals surface area contributed by atoms with Gasteiger partial charge in [-0.05, 0) is 36.8 Å². The molecule has 0 radical (unpaired) electrons.